The normalized spacial score (nSPS) is 12.4. The zero-order valence-corrected chi connectivity index (χ0v) is 12.3. The Labute approximate surface area is 121 Å². The molecule has 20 heavy (non-hydrogen) atoms. The van der Waals surface area contributed by atoms with Crippen molar-refractivity contribution in [3.05, 3.63) is 59.9 Å². The van der Waals surface area contributed by atoms with Crippen molar-refractivity contribution in [1.82, 2.24) is 10.3 Å². The zero-order valence-electron chi connectivity index (χ0n) is 12.3. The molecule has 0 aliphatic heterocycles. The molecule has 3 heteroatoms. The van der Waals surface area contributed by atoms with Gasteiger partial charge in [0.2, 0.25) is 0 Å². The van der Waals surface area contributed by atoms with Crippen LogP contribution in [0.5, 0.6) is 5.75 Å². The van der Waals surface area contributed by atoms with Gasteiger partial charge in [-0.05, 0) is 18.6 Å². The molecule has 3 nitrogen and oxygen atoms in total. The second-order valence-electron chi connectivity index (χ2n) is 5.19. The number of hydrogen-bond acceptors (Lipinski definition) is 3. The van der Waals surface area contributed by atoms with E-state index in [-0.39, 0.29) is 6.10 Å². The molecule has 0 aliphatic carbocycles. The maximum atomic E-state index is 5.98. The molecule has 0 saturated carbocycles. The SMILES string of the molecule is CC(C)NCc1cc(OC(C)c2ccccc2)ccn1. The van der Waals surface area contributed by atoms with Gasteiger partial charge in [-0.1, -0.05) is 44.2 Å². The monoisotopic (exact) mass is 270 g/mol. The Morgan fingerprint density at radius 2 is 1.85 bits per heavy atom. The lowest BCUT2D eigenvalue weighted by Crippen LogP contribution is -2.22. The van der Waals surface area contributed by atoms with Crippen LogP contribution >= 0.6 is 0 Å². The predicted octanol–water partition coefficient (Wildman–Crippen LogP) is 3.72. The first-order chi connectivity index (χ1) is 9.65. The lowest BCUT2D eigenvalue weighted by molar-refractivity contribution is 0.226. The molecule has 0 fully saturated rings. The summed E-state index contributed by atoms with van der Waals surface area (Å²) in [7, 11) is 0. The zero-order chi connectivity index (χ0) is 14.4. The maximum absolute atomic E-state index is 5.98. The van der Waals surface area contributed by atoms with Crippen LogP contribution in [-0.2, 0) is 6.54 Å². The van der Waals surface area contributed by atoms with Gasteiger partial charge in [-0.25, -0.2) is 0 Å². The lowest BCUT2D eigenvalue weighted by atomic mass is 10.1. The van der Waals surface area contributed by atoms with Crippen molar-refractivity contribution < 1.29 is 4.74 Å². The van der Waals surface area contributed by atoms with Crippen LogP contribution in [0.25, 0.3) is 0 Å². The number of hydrogen-bond donors (Lipinski definition) is 1. The summed E-state index contributed by atoms with van der Waals surface area (Å²) in [5, 5.41) is 3.36. The van der Waals surface area contributed by atoms with Crippen molar-refractivity contribution in [1.29, 1.82) is 0 Å². The molecule has 0 saturated heterocycles. The topological polar surface area (TPSA) is 34.1 Å². The van der Waals surface area contributed by atoms with Crippen molar-refractivity contribution in [3.8, 4) is 5.75 Å². The highest BCUT2D eigenvalue weighted by Crippen LogP contribution is 2.21. The Morgan fingerprint density at radius 1 is 1.10 bits per heavy atom. The fraction of sp³-hybridized carbons (Fsp3) is 0.353. The Bertz CT molecular complexity index is 526. The summed E-state index contributed by atoms with van der Waals surface area (Å²) in [6, 6.07) is 14.6. The van der Waals surface area contributed by atoms with E-state index in [0.29, 0.717) is 6.04 Å². The molecule has 1 heterocycles. The van der Waals surface area contributed by atoms with Gasteiger partial charge >= 0.3 is 0 Å². The highest BCUT2D eigenvalue weighted by atomic mass is 16.5. The minimum atomic E-state index is 0.0320. The molecule has 0 bridgehead atoms. The van der Waals surface area contributed by atoms with E-state index in [1.165, 1.54) is 5.56 Å². The molecule has 0 amide bonds. The second-order valence-corrected chi connectivity index (χ2v) is 5.19. The van der Waals surface area contributed by atoms with Crippen molar-refractivity contribution in [2.75, 3.05) is 0 Å². The molecule has 0 spiro atoms. The molecule has 1 unspecified atom stereocenters. The Morgan fingerprint density at radius 3 is 2.55 bits per heavy atom. The molecular weight excluding hydrogens is 248 g/mol. The summed E-state index contributed by atoms with van der Waals surface area (Å²) in [5.74, 6) is 0.858. The molecule has 1 aromatic heterocycles. The first kappa shape index (κ1) is 14.5. The number of nitrogens with zero attached hydrogens (tertiary/aromatic N) is 1. The van der Waals surface area contributed by atoms with Gasteiger partial charge in [0.25, 0.3) is 0 Å². The molecule has 1 atom stereocenters. The van der Waals surface area contributed by atoms with Crippen LogP contribution in [0.15, 0.2) is 48.7 Å². The van der Waals surface area contributed by atoms with E-state index in [9.17, 15) is 0 Å². The average molecular weight is 270 g/mol. The van der Waals surface area contributed by atoms with Crippen LogP contribution in [0.2, 0.25) is 0 Å². The van der Waals surface area contributed by atoms with Crippen molar-refractivity contribution in [2.24, 2.45) is 0 Å². The number of benzene rings is 1. The van der Waals surface area contributed by atoms with E-state index in [0.717, 1.165) is 18.0 Å². The fourth-order valence-electron chi connectivity index (χ4n) is 1.93. The molecule has 106 valence electrons. The van der Waals surface area contributed by atoms with E-state index in [1.54, 1.807) is 6.20 Å². The molecule has 2 rings (SSSR count). The van der Waals surface area contributed by atoms with Crippen LogP contribution in [0, 0.1) is 0 Å². The van der Waals surface area contributed by atoms with Crippen molar-refractivity contribution in [2.45, 2.75) is 39.5 Å². The molecule has 0 radical (unpaired) electrons. The average Bonchev–Trinajstić information content (AvgIpc) is 2.46. The van der Waals surface area contributed by atoms with E-state index < -0.39 is 0 Å². The smallest absolute Gasteiger partial charge is 0.123 e. The van der Waals surface area contributed by atoms with E-state index in [2.05, 4.69) is 43.2 Å². The molecule has 0 aliphatic rings. The number of aromatic nitrogens is 1. The number of rotatable bonds is 6. The van der Waals surface area contributed by atoms with Gasteiger partial charge in [-0.2, -0.15) is 0 Å². The summed E-state index contributed by atoms with van der Waals surface area (Å²) in [6.07, 6.45) is 1.83. The summed E-state index contributed by atoms with van der Waals surface area (Å²) in [4.78, 5) is 4.35. The quantitative estimate of drug-likeness (QED) is 0.868. The lowest BCUT2D eigenvalue weighted by Gasteiger charge is -2.15. The van der Waals surface area contributed by atoms with Gasteiger partial charge in [0.15, 0.2) is 0 Å². The number of pyridine rings is 1. The molecule has 1 N–H and O–H groups in total. The summed E-state index contributed by atoms with van der Waals surface area (Å²) in [5.41, 5.74) is 2.17. The van der Waals surface area contributed by atoms with Gasteiger partial charge in [-0.3, -0.25) is 4.98 Å². The highest BCUT2D eigenvalue weighted by Gasteiger charge is 2.07. The maximum Gasteiger partial charge on any atom is 0.123 e. The van der Waals surface area contributed by atoms with E-state index in [1.807, 2.05) is 30.3 Å². The van der Waals surface area contributed by atoms with Crippen LogP contribution < -0.4 is 10.1 Å². The number of ether oxygens (including phenoxy) is 1. The largest absolute Gasteiger partial charge is 0.486 e. The van der Waals surface area contributed by atoms with Gasteiger partial charge in [-0.15, -0.1) is 0 Å². The van der Waals surface area contributed by atoms with Crippen molar-refractivity contribution in [3.63, 3.8) is 0 Å². The Hall–Kier alpha value is -1.87. The third-order valence-corrected chi connectivity index (χ3v) is 3.06. The fourth-order valence-corrected chi connectivity index (χ4v) is 1.93. The van der Waals surface area contributed by atoms with Gasteiger partial charge in [0.1, 0.15) is 11.9 Å². The van der Waals surface area contributed by atoms with Crippen LogP contribution in [0.4, 0.5) is 0 Å². The van der Waals surface area contributed by atoms with Gasteiger partial charge in [0, 0.05) is 24.8 Å². The molecule has 1 aromatic carbocycles. The Kier molecular flexibility index (Phi) is 5.13. The van der Waals surface area contributed by atoms with E-state index in [4.69, 9.17) is 4.74 Å². The van der Waals surface area contributed by atoms with Crippen LogP contribution in [0.3, 0.4) is 0 Å². The molecular formula is C17H22N2O. The first-order valence-corrected chi connectivity index (χ1v) is 7.05. The third kappa shape index (κ3) is 4.35. The minimum absolute atomic E-state index is 0.0320. The highest BCUT2D eigenvalue weighted by molar-refractivity contribution is 5.25. The minimum Gasteiger partial charge on any atom is -0.486 e. The third-order valence-electron chi connectivity index (χ3n) is 3.06. The number of nitrogens with one attached hydrogen (secondary N) is 1. The van der Waals surface area contributed by atoms with Crippen molar-refractivity contribution >= 4 is 0 Å². The van der Waals surface area contributed by atoms with Gasteiger partial charge < -0.3 is 10.1 Å². The van der Waals surface area contributed by atoms with Crippen LogP contribution in [0.1, 0.15) is 38.1 Å². The van der Waals surface area contributed by atoms with Gasteiger partial charge in [0.05, 0.1) is 5.69 Å². The van der Waals surface area contributed by atoms with E-state index >= 15 is 0 Å². The second kappa shape index (κ2) is 7.06. The summed E-state index contributed by atoms with van der Waals surface area (Å²) in [6.45, 7) is 7.06. The first-order valence-electron chi connectivity index (χ1n) is 7.05. The van der Waals surface area contributed by atoms with Crippen LogP contribution in [-0.4, -0.2) is 11.0 Å². The summed E-state index contributed by atoms with van der Waals surface area (Å²) >= 11 is 0. The summed E-state index contributed by atoms with van der Waals surface area (Å²) < 4.78 is 5.98. The predicted molar refractivity (Wildman–Crippen MR) is 81.7 cm³/mol. The molecule has 2 aromatic rings. The Balaban J connectivity index is 2.00. The standard InChI is InChI=1S/C17H22N2O/c1-13(2)19-12-16-11-17(9-10-18-16)20-14(3)15-7-5-4-6-8-15/h4-11,13-14,19H,12H2,1-3H3.